The molecule has 0 saturated heterocycles. The molecule has 1 N–H and O–H groups in total. The maximum atomic E-state index is 12.5. The van der Waals surface area contributed by atoms with Crippen molar-refractivity contribution in [1.29, 1.82) is 0 Å². The summed E-state index contributed by atoms with van der Waals surface area (Å²) in [4.78, 5) is 18.7. The fourth-order valence-corrected chi connectivity index (χ4v) is 2.95. The van der Waals surface area contributed by atoms with Crippen LogP contribution in [0.25, 0.3) is 0 Å². The summed E-state index contributed by atoms with van der Waals surface area (Å²) in [5.41, 5.74) is 0.583. The zero-order valence-electron chi connectivity index (χ0n) is 14.7. The van der Waals surface area contributed by atoms with Crippen LogP contribution in [0.2, 0.25) is 0 Å². The Morgan fingerprint density at radius 3 is 2.75 bits per heavy atom. The number of carbonyl (C=O) groups excluding carboxylic acids is 1. The van der Waals surface area contributed by atoms with Crippen molar-refractivity contribution in [1.82, 2.24) is 25.1 Å². The highest BCUT2D eigenvalue weighted by Crippen LogP contribution is 2.20. The summed E-state index contributed by atoms with van der Waals surface area (Å²) in [7, 11) is 3.85. The lowest BCUT2D eigenvalue weighted by Gasteiger charge is -2.26. The molecule has 24 heavy (non-hydrogen) atoms. The molecule has 128 valence electrons. The van der Waals surface area contributed by atoms with Crippen LogP contribution in [-0.4, -0.2) is 45.8 Å². The predicted octanol–water partition coefficient (Wildman–Crippen LogP) is 1.61. The number of amides is 1. The molecule has 1 aliphatic heterocycles. The number of hydrogen-bond acceptors (Lipinski definition) is 5. The molecule has 0 aromatic carbocycles. The van der Waals surface area contributed by atoms with Gasteiger partial charge in [0.05, 0.1) is 5.56 Å². The second-order valence-electron chi connectivity index (χ2n) is 6.75. The fourth-order valence-electron chi connectivity index (χ4n) is 2.95. The fraction of sp³-hybridized carbons (Fsp3) is 0.529. The lowest BCUT2D eigenvalue weighted by atomic mass is 10.1. The second-order valence-corrected chi connectivity index (χ2v) is 6.75. The van der Waals surface area contributed by atoms with Crippen LogP contribution in [0.5, 0.6) is 0 Å². The van der Waals surface area contributed by atoms with E-state index in [4.69, 9.17) is 0 Å². The Morgan fingerprint density at radius 2 is 2.12 bits per heavy atom. The van der Waals surface area contributed by atoms with Crippen LogP contribution in [0.1, 0.15) is 48.2 Å². The summed E-state index contributed by atoms with van der Waals surface area (Å²) < 4.78 is 2.15. The van der Waals surface area contributed by atoms with Crippen molar-refractivity contribution in [2.75, 3.05) is 19.0 Å². The monoisotopic (exact) mass is 328 g/mol. The number of carbonyl (C=O) groups is 1. The maximum absolute atomic E-state index is 12.5. The molecule has 1 amide bonds. The Balaban J connectivity index is 1.68. The van der Waals surface area contributed by atoms with Crippen LogP contribution in [0.3, 0.4) is 0 Å². The number of rotatable bonds is 4. The van der Waals surface area contributed by atoms with Crippen LogP contribution < -0.4 is 10.2 Å². The zero-order valence-corrected chi connectivity index (χ0v) is 14.7. The number of aryl methyl sites for hydroxylation is 1. The van der Waals surface area contributed by atoms with E-state index in [2.05, 4.69) is 38.9 Å². The highest BCUT2D eigenvalue weighted by molar-refractivity contribution is 5.94. The molecule has 0 radical (unpaired) electrons. The normalized spacial score (nSPS) is 16.8. The van der Waals surface area contributed by atoms with Gasteiger partial charge in [0.1, 0.15) is 17.5 Å². The molecule has 0 unspecified atom stereocenters. The summed E-state index contributed by atoms with van der Waals surface area (Å²) in [5, 5.41) is 11.7. The third kappa shape index (κ3) is 3.25. The molecule has 0 bridgehead atoms. The first-order chi connectivity index (χ1) is 11.5. The van der Waals surface area contributed by atoms with Gasteiger partial charge in [0.25, 0.3) is 5.91 Å². The van der Waals surface area contributed by atoms with E-state index in [9.17, 15) is 4.79 Å². The van der Waals surface area contributed by atoms with E-state index in [0.29, 0.717) is 11.5 Å². The van der Waals surface area contributed by atoms with Crippen molar-refractivity contribution in [3.63, 3.8) is 0 Å². The standard InChI is InChI=1S/C17H24N6O/c1-11(2)16-21-20-15-8-6-13(10-23(15)16)19-17(24)12-5-7-14(18-9-12)22(3)4/h5,7,9,11,13H,6,8,10H2,1-4H3,(H,19,24)/t13-/m0/s1. The minimum atomic E-state index is -0.0829. The van der Waals surface area contributed by atoms with Gasteiger partial charge in [-0.1, -0.05) is 13.8 Å². The average Bonchev–Trinajstić information content (AvgIpc) is 2.98. The molecule has 0 spiro atoms. The van der Waals surface area contributed by atoms with Gasteiger partial charge in [0.15, 0.2) is 0 Å². The van der Waals surface area contributed by atoms with E-state index in [1.807, 2.05) is 31.1 Å². The highest BCUT2D eigenvalue weighted by atomic mass is 16.1. The molecule has 2 aromatic heterocycles. The van der Waals surface area contributed by atoms with Gasteiger partial charge >= 0.3 is 0 Å². The Hall–Kier alpha value is -2.44. The van der Waals surface area contributed by atoms with Gasteiger partial charge in [-0.25, -0.2) is 4.98 Å². The first-order valence-electron chi connectivity index (χ1n) is 8.32. The number of hydrogen-bond donors (Lipinski definition) is 1. The third-order valence-electron chi connectivity index (χ3n) is 4.30. The van der Waals surface area contributed by atoms with Crippen LogP contribution in [0.15, 0.2) is 18.3 Å². The van der Waals surface area contributed by atoms with Crippen molar-refractivity contribution in [2.45, 2.75) is 45.2 Å². The van der Waals surface area contributed by atoms with Crippen molar-refractivity contribution in [3.8, 4) is 0 Å². The van der Waals surface area contributed by atoms with Gasteiger partial charge in [-0.05, 0) is 18.6 Å². The summed E-state index contributed by atoms with van der Waals surface area (Å²) in [5.74, 6) is 3.07. The smallest absolute Gasteiger partial charge is 0.253 e. The quantitative estimate of drug-likeness (QED) is 0.923. The van der Waals surface area contributed by atoms with Gasteiger partial charge in [-0.2, -0.15) is 0 Å². The van der Waals surface area contributed by atoms with Crippen LogP contribution >= 0.6 is 0 Å². The Morgan fingerprint density at radius 1 is 1.33 bits per heavy atom. The van der Waals surface area contributed by atoms with Gasteiger partial charge < -0.3 is 14.8 Å². The van der Waals surface area contributed by atoms with E-state index in [0.717, 1.165) is 36.9 Å². The SMILES string of the molecule is CC(C)c1nnc2n1C[C@@H](NC(=O)c1ccc(N(C)C)nc1)CC2. The van der Waals surface area contributed by atoms with E-state index < -0.39 is 0 Å². The molecule has 3 rings (SSSR count). The molecular weight excluding hydrogens is 304 g/mol. The van der Waals surface area contributed by atoms with E-state index >= 15 is 0 Å². The Labute approximate surface area is 142 Å². The molecule has 1 aliphatic rings. The number of aromatic nitrogens is 4. The lowest BCUT2D eigenvalue weighted by molar-refractivity contribution is 0.0927. The van der Waals surface area contributed by atoms with Crippen molar-refractivity contribution < 1.29 is 4.79 Å². The molecule has 3 heterocycles. The molecule has 7 heteroatoms. The summed E-state index contributed by atoms with van der Waals surface area (Å²) >= 11 is 0. The topological polar surface area (TPSA) is 75.9 Å². The molecule has 7 nitrogen and oxygen atoms in total. The second kappa shape index (κ2) is 6.59. The van der Waals surface area contributed by atoms with E-state index in [1.165, 1.54) is 0 Å². The first-order valence-corrected chi connectivity index (χ1v) is 8.32. The first kappa shape index (κ1) is 16.4. The predicted molar refractivity (Wildman–Crippen MR) is 92.3 cm³/mol. The van der Waals surface area contributed by atoms with Gasteiger partial charge in [0.2, 0.25) is 0 Å². The van der Waals surface area contributed by atoms with Crippen LogP contribution in [-0.2, 0) is 13.0 Å². The highest BCUT2D eigenvalue weighted by Gasteiger charge is 2.25. The van der Waals surface area contributed by atoms with Crippen molar-refractivity contribution >= 4 is 11.7 Å². The minimum Gasteiger partial charge on any atom is -0.363 e. The number of nitrogens with zero attached hydrogens (tertiary/aromatic N) is 5. The molecule has 1 atom stereocenters. The molecule has 0 saturated carbocycles. The lowest BCUT2D eigenvalue weighted by Crippen LogP contribution is -2.41. The molecule has 2 aromatic rings. The van der Waals surface area contributed by atoms with E-state index in [1.54, 1.807) is 6.20 Å². The van der Waals surface area contributed by atoms with Gasteiger partial charge in [0, 0.05) is 45.2 Å². The van der Waals surface area contributed by atoms with Crippen LogP contribution in [0, 0.1) is 0 Å². The summed E-state index contributed by atoms with van der Waals surface area (Å²) in [6, 6.07) is 3.75. The average molecular weight is 328 g/mol. The third-order valence-corrected chi connectivity index (χ3v) is 4.30. The maximum Gasteiger partial charge on any atom is 0.253 e. The number of fused-ring (bicyclic) bond motifs is 1. The minimum absolute atomic E-state index is 0.0829. The van der Waals surface area contributed by atoms with E-state index in [-0.39, 0.29) is 11.9 Å². The Bertz CT molecular complexity index is 719. The number of anilines is 1. The number of nitrogens with one attached hydrogen (secondary N) is 1. The summed E-state index contributed by atoms with van der Waals surface area (Å²) in [6.45, 7) is 4.94. The summed E-state index contributed by atoms with van der Waals surface area (Å²) in [6.07, 6.45) is 3.34. The molecule has 0 fully saturated rings. The number of pyridine rings is 1. The van der Waals surface area contributed by atoms with Gasteiger partial charge in [-0.3, -0.25) is 4.79 Å². The molecular formula is C17H24N6O. The molecule has 0 aliphatic carbocycles. The van der Waals surface area contributed by atoms with Crippen molar-refractivity contribution in [2.24, 2.45) is 0 Å². The Kier molecular flexibility index (Phi) is 4.51. The zero-order chi connectivity index (χ0) is 17.3. The van der Waals surface area contributed by atoms with Crippen molar-refractivity contribution in [3.05, 3.63) is 35.5 Å². The largest absolute Gasteiger partial charge is 0.363 e. The van der Waals surface area contributed by atoms with Gasteiger partial charge in [-0.15, -0.1) is 10.2 Å². The van der Waals surface area contributed by atoms with Crippen LogP contribution in [0.4, 0.5) is 5.82 Å².